The number of anilines is 1. The van der Waals surface area contributed by atoms with Crippen LogP contribution in [-0.2, 0) is 5.75 Å². The maximum Gasteiger partial charge on any atom is 0.237 e. The normalized spacial score (nSPS) is 10.9. The fourth-order valence-electron chi connectivity index (χ4n) is 1.18. The number of nitrogens with one attached hydrogen (secondary N) is 1. The minimum atomic E-state index is 0.277. The summed E-state index contributed by atoms with van der Waals surface area (Å²) < 4.78 is 6.04. The Labute approximate surface area is 119 Å². The third kappa shape index (κ3) is 4.03. The molecule has 2 aromatic rings. The van der Waals surface area contributed by atoms with Gasteiger partial charge in [-0.05, 0) is 0 Å². The molecule has 0 aromatic carbocycles. The average molecular weight is 297 g/mol. The summed E-state index contributed by atoms with van der Waals surface area (Å²) >= 11 is 3.03. The van der Waals surface area contributed by atoms with E-state index < -0.39 is 0 Å². The van der Waals surface area contributed by atoms with Gasteiger partial charge in [-0.2, -0.15) is 4.98 Å². The van der Waals surface area contributed by atoms with Crippen LogP contribution in [0.3, 0.4) is 0 Å². The summed E-state index contributed by atoms with van der Waals surface area (Å²) in [5, 5.41) is 15.9. The molecule has 0 unspecified atom stereocenters. The van der Waals surface area contributed by atoms with E-state index in [2.05, 4.69) is 32.2 Å². The zero-order valence-corrected chi connectivity index (χ0v) is 12.4. The molecule has 102 valence electrons. The van der Waals surface area contributed by atoms with E-state index in [-0.39, 0.29) is 5.92 Å². The fraction of sp³-hybridized carbons (Fsp3) is 0.455. The number of hydrogen-bond acceptors (Lipinski definition) is 8. The van der Waals surface area contributed by atoms with Gasteiger partial charge in [0.1, 0.15) is 0 Å². The molecule has 0 saturated carbocycles. The van der Waals surface area contributed by atoms with Crippen molar-refractivity contribution in [2.24, 2.45) is 0 Å². The fourth-order valence-corrected chi connectivity index (χ4v) is 2.78. The summed E-state index contributed by atoms with van der Waals surface area (Å²) in [6.07, 6.45) is 1.78. The molecule has 19 heavy (non-hydrogen) atoms. The van der Waals surface area contributed by atoms with Crippen molar-refractivity contribution in [1.82, 2.24) is 20.3 Å². The molecule has 0 fully saturated rings. The molecule has 0 spiro atoms. The summed E-state index contributed by atoms with van der Waals surface area (Å²) in [5.41, 5.74) is 0. The Kier molecular flexibility index (Phi) is 4.92. The zero-order valence-electron chi connectivity index (χ0n) is 10.8. The topological polar surface area (TPSA) is 76.7 Å². The van der Waals surface area contributed by atoms with E-state index in [1.165, 1.54) is 23.1 Å². The van der Waals surface area contributed by atoms with Gasteiger partial charge < -0.3 is 9.84 Å². The molecular weight excluding hydrogens is 282 g/mol. The summed E-state index contributed by atoms with van der Waals surface area (Å²) in [6.45, 7) is 8.38. The molecule has 1 N–H and O–H groups in total. The van der Waals surface area contributed by atoms with Crippen LogP contribution in [0.25, 0.3) is 0 Å². The second-order valence-electron chi connectivity index (χ2n) is 4.03. The van der Waals surface area contributed by atoms with Crippen molar-refractivity contribution in [3.05, 3.63) is 24.4 Å². The third-order valence-electron chi connectivity index (χ3n) is 2.12. The van der Waals surface area contributed by atoms with Crippen LogP contribution in [0.4, 0.5) is 5.13 Å². The predicted molar refractivity (Wildman–Crippen MR) is 76.5 cm³/mol. The van der Waals surface area contributed by atoms with Gasteiger partial charge in [-0.25, -0.2) is 0 Å². The smallest absolute Gasteiger partial charge is 0.237 e. The summed E-state index contributed by atoms with van der Waals surface area (Å²) in [5.74, 6) is 2.24. The molecule has 2 aromatic heterocycles. The second kappa shape index (κ2) is 6.67. The Morgan fingerprint density at radius 2 is 2.32 bits per heavy atom. The van der Waals surface area contributed by atoms with Crippen molar-refractivity contribution < 1.29 is 4.52 Å². The summed E-state index contributed by atoms with van der Waals surface area (Å²) in [7, 11) is 0. The van der Waals surface area contributed by atoms with Crippen LogP contribution < -0.4 is 5.32 Å². The quantitative estimate of drug-likeness (QED) is 0.622. The number of rotatable bonds is 7. The van der Waals surface area contributed by atoms with Gasteiger partial charge in [0.15, 0.2) is 10.2 Å². The number of hydrogen-bond donors (Lipinski definition) is 1. The van der Waals surface area contributed by atoms with E-state index in [1.807, 2.05) is 13.8 Å². The highest BCUT2D eigenvalue weighted by Crippen LogP contribution is 2.28. The SMILES string of the molecule is C=CCNc1nnc(SCc2nc(C(C)C)no2)s1. The molecule has 0 aliphatic rings. The standard InChI is InChI=1S/C11H15N5OS2/c1-4-5-12-10-14-15-11(19-10)18-6-8-13-9(7(2)3)16-17-8/h4,7H,1,5-6H2,2-3H3,(H,12,14). The van der Waals surface area contributed by atoms with Gasteiger partial charge in [-0.15, -0.1) is 16.8 Å². The van der Waals surface area contributed by atoms with Gasteiger partial charge in [-0.1, -0.05) is 48.2 Å². The first kappa shape index (κ1) is 14.0. The molecule has 2 rings (SSSR count). The highest BCUT2D eigenvalue weighted by Gasteiger charge is 2.11. The van der Waals surface area contributed by atoms with Gasteiger partial charge in [0.25, 0.3) is 0 Å². The molecule has 0 saturated heterocycles. The van der Waals surface area contributed by atoms with Crippen LogP contribution in [0, 0.1) is 0 Å². The Balaban J connectivity index is 1.87. The molecular formula is C11H15N5OS2. The van der Waals surface area contributed by atoms with Crippen molar-refractivity contribution in [3.63, 3.8) is 0 Å². The number of nitrogens with zero attached hydrogens (tertiary/aromatic N) is 4. The van der Waals surface area contributed by atoms with Crippen LogP contribution in [0.15, 0.2) is 21.5 Å². The van der Waals surface area contributed by atoms with Crippen LogP contribution in [0.5, 0.6) is 0 Å². The van der Waals surface area contributed by atoms with Crippen LogP contribution in [0.1, 0.15) is 31.5 Å². The Morgan fingerprint density at radius 3 is 3.00 bits per heavy atom. The Morgan fingerprint density at radius 1 is 1.47 bits per heavy atom. The van der Waals surface area contributed by atoms with Crippen LogP contribution in [-0.4, -0.2) is 26.9 Å². The van der Waals surface area contributed by atoms with Gasteiger partial charge in [0.2, 0.25) is 11.0 Å². The summed E-state index contributed by atoms with van der Waals surface area (Å²) in [4.78, 5) is 4.31. The van der Waals surface area contributed by atoms with E-state index in [9.17, 15) is 0 Å². The van der Waals surface area contributed by atoms with E-state index in [1.54, 1.807) is 6.08 Å². The largest absolute Gasteiger partial charge is 0.357 e. The Hall–Kier alpha value is -1.41. The molecule has 8 heteroatoms. The first-order chi connectivity index (χ1) is 9.19. The van der Waals surface area contributed by atoms with E-state index >= 15 is 0 Å². The van der Waals surface area contributed by atoms with E-state index in [0.29, 0.717) is 18.2 Å². The van der Waals surface area contributed by atoms with Gasteiger partial charge >= 0.3 is 0 Å². The lowest BCUT2D eigenvalue weighted by molar-refractivity contribution is 0.383. The second-order valence-corrected chi connectivity index (χ2v) is 6.23. The van der Waals surface area contributed by atoms with E-state index in [0.717, 1.165) is 15.3 Å². The monoisotopic (exact) mass is 297 g/mol. The first-order valence-electron chi connectivity index (χ1n) is 5.82. The van der Waals surface area contributed by atoms with Crippen LogP contribution >= 0.6 is 23.1 Å². The van der Waals surface area contributed by atoms with Crippen molar-refractivity contribution >= 4 is 28.2 Å². The first-order valence-corrected chi connectivity index (χ1v) is 7.62. The number of thioether (sulfide) groups is 1. The highest BCUT2D eigenvalue weighted by molar-refractivity contribution is 8.00. The molecule has 0 atom stereocenters. The minimum Gasteiger partial charge on any atom is -0.357 e. The van der Waals surface area contributed by atoms with E-state index in [4.69, 9.17) is 4.52 Å². The molecule has 0 aliphatic heterocycles. The Bertz CT molecular complexity index is 537. The zero-order chi connectivity index (χ0) is 13.7. The number of aromatic nitrogens is 4. The van der Waals surface area contributed by atoms with Crippen molar-refractivity contribution in [2.45, 2.75) is 29.9 Å². The predicted octanol–water partition coefficient (Wildman–Crippen LogP) is 2.93. The van der Waals surface area contributed by atoms with Gasteiger partial charge in [0.05, 0.1) is 5.75 Å². The maximum absolute atomic E-state index is 5.16. The maximum atomic E-state index is 5.16. The van der Waals surface area contributed by atoms with Crippen LogP contribution in [0.2, 0.25) is 0 Å². The summed E-state index contributed by atoms with van der Waals surface area (Å²) in [6, 6.07) is 0. The van der Waals surface area contributed by atoms with Crippen molar-refractivity contribution in [3.8, 4) is 0 Å². The lowest BCUT2D eigenvalue weighted by atomic mass is 10.2. The van der Waals surface area contributed by atoms with Gasteiger partial charge in [-0.3, -0.25) is 0 Å². The molecule has 0 bridgehead atoms. The highest BCUT2D eigenvalue weighted by atomic mass is 32.2. The average Bonchev–Trinajstić information content (AvgIpc) is 3.03. The minimum absolute atomic E-state index is 0.277. The molecule has 0 aliphatic carbocycles. The molecule has 2 heterocycles. The lowest BCUT2D eigenvalue weighted by Gasteiger charge is -1.93. The van der Waals surface area contributed by atoms with Crippen molar-refractivity contribution in [1.29, 1.82) is 0 Å². The lowest BCUT2D eigenvalue weighted by Crippen LogP contribution is -1.96. The molecule has 6 nitrogen and oxygen atoms in total. The molecule has 0 radical (unpaired) electrons. The van der Waals surface area contributed by atoms with Crippen molar-refractivity contribution in [2.75, 3.05) is 11.9 Å². The molecule has 0 amide bonds. The third-order valence-corrected chi connectivity index (χ3v) is 4.12. The van der Waals surface area contributed by atoms with Gasteiger partial charge in [0, 0.05) is 12.5 Å².